The van der Waals surface area contributed by atoms with Crippen molar-refractivity contribution in [3.8, 4) is 5.69 Å². The minimum absolute atomic E-state index is 0.0423. The van der Waals surface area contributed by atoms with E-state index in [1.165, 1.54) is 11.7 Å². The Labute approximate surface area is 157 Å². The molecule has 0 bridgehead atoms. The van der Waals surface area contributed by atoms with Crippen molar-refractivity contribution in [1.29, 1.82) is 0 Å². The highest BCUT2D eigenvalue weighted by atomic mass is 16.1. The SMILES string of the molecule is C[C@H](NC(=O)CCn1ccc2ccccc21)c1ccc(-n2cncn2)cc1. The number of benzene rings is 2. The quantitative estimate of drug-likeness (QED) is 0.573. The summed E-state index contributed by atoms with van der Waals surface area (Å²) in [6.45, 7) is 2.66. The number of carbonyl (C=O) groups is 1. The average Bonchev–Trinajstić information content (AvgIpc) is 3.37. The van der Waals surface area contributed by atoms with Gasteiger partial charge in [-0.15, -0.1) is 0 Å². The molecule has 0 aliphatic carbocycles. The predicted octanol–water partition coefficient (Wildman–Crippen LogP) is 3.49. The first-order valence-corrected chi connectivity index (χ1v) is 8.99. The van der Waals surface area contributed by atoms with Crippen LogP contribution in [0.4, 0.5) is 0 Å². The number of aryl methyl sites for hydroxylation is 1. The van der Waals surface area contributed by atoms with Crippen LogP contribution < -0.4 is 5.32 Å². The molecule has 4 aromatic rings. The first-order chi connectivity index (χ1) is 13.2. The van der Waals surface area contributed by atoms with Crippen molar-refractivity contribution in [3.63, 3.8) is 0 Å². The molecule has 6 heteroatoms. The summed E-state index contributed by atoms with van der Waals surface area (Å²) in [5.41, 5.74) is 3.15. The zero-order chi connectivity index (χ0) is 18.6. The number of nitrogens with zero attached hydrogens (tertiary/aromatic N) is 4. The minimum Gasteiger partial charge on any atom is -0.350 e. The van der Waals surface area contributed by atoms with Gasteiger partial charge >= 0.3 is 0 Å². The van der Waals surface area contributed by atoms with Gasteiger partial charge in [-0.25, -0.2) is 9.67 Å². The van der Waals surface area contributed by atoms with E-state index >= 15 is 0 Å². The van der Waals surface area contributed by atoms with Gasteiger partial charge in [-0.2, -0.15) is 5.10 Å². The Morgan fingerprint density at radius 3 is 2.70 bits per heavy atom. The normalized spacial score (nSPS) is 12.2. The summed E-state index contributed by atoms with van der Waals surface area (Å²) in [6, 6.07) is 18.2. The third-order valence-corrected chi connectivity index (χ3v) is 4.71. The number of hydrogen-bond acceptors (Lipinski definition) is 3. The highest BCUT2D eigenvalue weighted by Gasteiger charge is 2.10. The largest absolute Gasteiger partial charge is 0.350 e. The van der Waals surface area contributed by atoms with Gasteiger partial charge in [-0.05, 0) is 42.1 Å². The van der Waals surface area contributed by atoms with E-state index in [9.17, 15) is 4.79 Å². The molecule has 2 aromatic heterocycles. The van der Waals surface area contributed by atoms with Crippen molar-refractivity contribution >= 4 is 16.8 Å². The topological polar surface area (TPSA) is 64.7 Å². The predicted molar refractivity (Wildman–Crippen MR) is 104 cm³/mol. The van der Waals surface area contributed by atoms with Crippen molar-refractivity contribution in [1.82, 2.24) is 24.6 Å². The lowest BCUT2D eigenvalue weighted by Gasteiger charge is -2.15. The number of aromatic nitrogens is 4. The fourth-order valence-electron chi connectivity index (χ4n) is 3.21. The van der Waals surface area contributed by atoms with E-state index < -0.39 is 0 Å². The van der Waals surface area contributed by atoms with E-state index in [0.29, 0.717) is 13.0 Å². The number of fused-ring (bicyclic) bond motifs is 1. The Hall–Kier alpha value is -3.41. The molecule has 0 unspecified atom stereocenters. The number of nitrogens with one attached hydrogen (secondary N) is 1. The molecule has 0 spiro atoms. The molecule has 0 aliphatic rings. The summed E-state index contributed by atoms with van der Waals surface area (Å²) in [5, 5.41) is 8.38. The molecule has 1 atom stereocenters. The van der Waals surface area contributed by atoms with Crippen molar-refractivity contribution in [3.05, 3.63) is 79.0 Å². The van der Waals surface area contributed by atoms with E-state index in [0.717, 1.165) is 16.8 Å². The van der Waals surface area contributed by atoms with E-state index in [4.69, 9.17) is 0 Å². The zero-order valence-electron chi connectivity index (χ0n) is 15.1. The van der Waals surface area contributed by atoms with Gasteiger partial charge in [-0.1, -0.05) is 30.3 Å². The second-order valence-corrected chi connectivity index (χ2v) is 6.54. The summed E-state index contributed by atoms with van der Waals surface area (Å²) in [5.74, 6) is 0.0423. The van der Waals surface area contributed by atoms with Crippen molar-refractivity contribution in [2.75, 3.05) is 0 Å². The molecule has 1 N–H and O–H groups in total. The van der Waals surface area contributed by atoms with Crippen LogP contribution in [0.5, 0.6) is 0 Å². The number of hydrogen-bond donors (Lipinski definition) is 1. The lowest BCUT2D eigenvalue weighted by atomic mass is 10.1. The maximum Gasteiger partial charge on any atom is 0.222 e. The molecule has 6 nitrogen and oxygen atoms in total. The monoisotopic (exact) mass is 359 g/mol. The maximum absolute atomic E-state index is 12.4. The van der Waals surface area contributed by atoms with Crippen LogP contribution in [0.3, 0.4) is 0 Å². The van der Waals surface area contributed by atoms with Gasteiger partial charge in [0, 0.05) is 24.7 Å². The van der Waals surface area contributed by atoms with Gasteiger partial charge < -0.3 is 9.88 Å². The first kappa shape index (κ1) is 17.0. The second-order valence-electron chi connectivity index (χ2n) is 6.54. The summed E-state index contributed by atoms with van der Waals surface area (Å²) < 4.78 is 3.82. The van der Waals surface area contributed by atoms with Crippen molar-refractivity contribution < 1.29 is 4.79 Å². The summed E-state index contributed by atoms with van der Waals surface area (Å²) in [6.07, 6.45) is 5.64. The van der Waals surface area contributed by atoms with Crippen molar-refractivity contribution in [2.24, 2.45) is 0 Å². The molecule has 4 rings (SSSR count). The molecule has 0 aliphatic heterocycles. The molecule has 2 heterocycles. The molecule has 0 saturated carbocycles. The maximum atomic E-state index is 12.4. The fraction of sp³-hybridized carbons (Fsp3) is 0.190. The molecule has 1 amide bonds. The Morgan fingerprint density at radius 2 is 1.93 bits per heavy atom. The number of carbonyl (C=O) groups excluding carboxylic acids is 1. The van der Waals surface area contributed by atoms with Crippen LogP contribution in [0, 0.1) is 0 Å². The molecule has 0 saturated heterocycles. The molecule has 0 fully saturated rings. The van der Waals surface area contributed by atoms with E-state index in [2.05, 4.69) is 38.2 Å². The number of para-hydroxylation sites is 1. The van der Waals surface area contributed by atoms with Crippen LogP contribution in [0.1, 0.15) is 24.9 Å². The Bertz CT molecular complexity index is 1030. The average molecular weight is 359 g/mol. The van der Waals surface area contributed by atoms with Crippen LogP contribution >= 0.6 is 0 Å². The van der Waals surface area contributed by atoms with Gasteiger partial charge in [0.2, 0.25) is 5.91 Å². The lowest BCUT2D eigenvalue weighted by Crippen LogP contribution is -2.27. The molecular formula is C21H21N5O. The molecule has 2 aromatic carbocycles. The van der Waals surface area contributed by atoms with E-state index in [1.54, 1.807) is 11.0 Å². The molecular weight excluding hydrogens is 338 g/mol. The van der Waals surface area contributed by atoms with E-state index in [1.807, 2.05) is 49.5 Å². The van der Waals surface area contributed by atoms with Crippen molar-refractivity contribution in [2.45, 2.75) is 25.9 Å². The van der Waals surface area contributed by atoms with Crippen LogP contribution in [-0.2, 0) is 11.3 Å². The summed E-state index contributed by atoms with van der Waals surface area (Å²) in [4.78, 5) is 16.3. The van der Waals surface area contributed by atoms with E-state index in [-0.39, 0.29) is 11.9 Å². The Kier molecular flexibility index (Phi) is 4.70. The molecule has 0 radical (unpaired) electrons. The van der Waals surface area contributed by atoms with Crippen LogP contribution in [-0.4, -0.2) is 25.2 Å². The molecule has 136 valence electrons. The second kappa shape index (κ2) is 7.45. The van der Waals surface area contributed by atoms with Crippen LogP contribution in [0.25, 0.3) is 16.6 Å². The smallest absolute Gasteiger partial charge is 0.222 e. The standard InChI is InChI=1S/C21H21N5O/c1-16(17-6-8-19(9-7-17)26-15-22-14-23-26)24-21(27)11-13-25-12-10-18-4-2-3-5-20(18)25/h2-10,12,14-16H,11,13H2,1H3,(H,24,27)/t16-/m0/s1. The highest BCUT2D eigenvalue weighted by Crippen LogP contribution is 2.17. The van der Waals surface area contributed by atoms with Gasteiger partial charge in [0.15, 0.2) is 0 Å². The van der Waals surface area contributed by atoms with Crippen LogP contribution in [0.15, 0.2) is 73.4 Å². The number of amides is 1. The van der Waals surface area contributed by atoms with Gasteiger partial charge in [0.05, 0.1) is 11.7 Å². The van der Waals surface area contributed by atoms with Gasteiger partial charge in [0.1, 0.15) is 12.7 Å². The van der Waals surface area contributed by atoms with Gasteiger partial charge in [-0.3, -0.25) is 4.79 Å². The zero-order valence-corrected chi connectivity index (χ0v) is 15.1. The third-order valence-electron chi connectivity index (χ3n) is 4.71. The van der Waals surface area contributed by atoms with Gasteiger partial charge in [0.25, 0.3) is 0 Å². The lowest BCUT2D eigenvalue weighted by molar-refractivity contribution is -0.121. The first-order valence-electron chi connectivity index (χ1n) is 8.99. The Balaban J connectivity index is 1.35. The number of rotatable bonds is 6. The fourth-order valence-corrected chi connectivity index (χ4v) is 3.21. The molecule has 27 heavy (non-hydrogen) atoms. The summed E-state index contributed by atoms with van der Waals surface area (Å²) in [7, 11) is 0. The Morgan fingerprint density at radius 1 is 1.11 bits per heavy atom. The third kappa shape index (κ3) is 3.74. The van der Waals surface area contributed by atoms with Crippen LogP contribution in [0.2, 0.25) is 0 Å². The minimum atomic E-state index is -0.0521. The highest BCUT2D eigenvalue weighted by molar-refractivity contribution is 5.80. The summed E-state index contributed by atoms with van der Waals surface area (Å²) >= 11 is 0.